The van der Waals surface area contributed by atoms with Gasteiger partial charge in [-0.05, 0) is 51.5 Å². The highest BCUT2D eigenvalue weighted by Crippen LogP contribution is 2.15. The van der Waals surface area contributed by atoms with Crippen LogP contribution in [0.2, 0.25) is 0 Å². The van der Waals surface area contributed by atoms with Gasteiger partial charge in [-0.2, -0.15) is 0 Å². The zero-order valence-electron chi connectivity index (χ0n) is 12.9. The summed E-state index contributed by atoms with van der Waals surface area (Å²) in [5.41, 5.74) is 7.82. The lowest BCUT2D eigenvalue weighted by molar-refractivity contribution is 0.0494. The molecular formula is C13H25ClN4O3. The molecule has 0 aromatic carbocycles. The van der Waals surface area contributed by atoms with E-state index in [1.165, 1.54) is 0 Å². The molecule has 0 unspecified atom stereocenters. The highest BCUT2D eigenvalue weighted by Gasteiger charge is 2.21. The molecule has 0 spiro atoms. The van der Waals surface area contributed by atoms with Crippen molar-refractivity contribution in [3.05, 3.63) is 10.4 Å². The van der Waals surface area contributed by atoms with Crippen LogP contribution in [-0.4, -0.2) is 41.9 Å². The van der Waals surface area contributed by atoms with Gasteiger partial charge in [0, 0.05) is 30.0 Å². The summed E-state index contributed by atoms with van der Waals surface area (Å²) in [4.78, 5) is 14.5. The van der Waals surface area contributed by atoms with E-state index in [2.05, 4.69) is 15.3 Å². The number of aliphatic hydroxyl groups is 1. The Morgan fingerprint density at radius 3 is 2.67 bits per heavy atom. The molecule has 0 aliphatic rings. The van der Waals surface area contributed by atoms with E-state index in [1.807, 2.05) is 0 Å². The van der Waals surface area contributed by atoms with Gasteiger partial charge in [0.05, 0.1) is 0 Å². The molecule has 0 aliphatic carbocycles. The summed E-state index contributed by atoms with van der Waals surface area (Å²) in [6.07, 6.45) is 1.48. The van der Waals surface area contributed by atoms with E-state index in [1.54, 1.807) is 20.8 Å². The van der Waals surface area contributed by atoms with Crippen molar-refractivity contribution in [3.63, 3.8) is 0 Å². The lowest BCUT2D eigenvalue weighted by Crippen LogP contribution is -2.42. The normalized spacial score (nSPS) is 14.0. The molecule has 1 amide bonds. The topological polar surface area (TPSA) is 107 Å². The van der Waals surface area contributed by atoms with Crippen LogP contribution in [0.3, 0.4) is 0 Å². The second kappa shape index (κ2) is 10.5. The number of carbonyl (C=O) groups is 1. The Balaban J connectivity index is 4.55. The van der Waals surface area contributed by atoms with Gasteiger partial charge in [0.1, 0.15) is 5.60 Å². The second-order valence-electron chi connectivity index (χ2n) is 5.87. The lowest BCUT2D eigenvalue weighted by Gasteiger charge is -2.25. The Hall–Kier alpha value is -1.17. The molecule has 7 nitrogen and oxygen atoms in total. The van der Waals surface area contributed by atoms with E-state index < -0.39 is 11.7 Å². The molecule has 0 saturated carbocycles. The van der Waals surface area contributed by atoms with Crippen LogP contribution in [0.25, 0.3) is 10.4 Å². The third-order valence-corrected chi connectivity index (χ3v) is 2.98. The molecule has 21 heavy (non-hydrogen) atoms. The number of hydrogen-bond acceptors (Lipinski definition) is 4. The van der Waals surface area contributed by atoms with E-state index in [-0.39, 0.29) is 25.1 Å². The number of alkyl halides is 1. The molecule has 0 radical (unpaired) electrons. The summed E-state index contributed by atoms with van der Waals surface area (Å²) >= 11 is 5.64. The fraction of sp³-hybridized carbons (Fsp3) is 0.923. The first-order valence-electron chi connectivity index (χ1n) is 6.99. The minimum absolute atomic E-state index is 0.000342. The van der Waals surface area contributed by atoms with Crippen LogP contribution in [0, 0.1) is 5.92 Å². The van der Waals surface area contributed by atoms with E-state index in [4.69, 9.17) is 21.9 Å². The Kier molecular flexibility index (Phi) is 9.95. The first-order valence-corrected chi connectivity index (χ1v) is 7.53. The minimum Gasteiger partial charge on any atom is -0.444 e. The molecule has 0 saturated heterocycles. The van der Waals surface area contributed by atoms with Crippen LogP contribution in [-0.2, 0) is 4.74 Å². The molecule has 2 N–H and O–H groups in total. The third kappa shape index (κ3) is 11.2. The maximum absolute atomic E-state index is 11.8. The Labute approximate surface area is 130 Å². The van der Waals surface area contributed by atoms with Gasteiger partial charge in [-0.1, -0.05) is 5.11 Å². The van der Waals surface area contributed by atoms with Crippen LogP contribution in [0.15, 0.2) is 5.11 Å². The number of aliphatic hydroxyl groups excluding tert-OH is 1. The number of hydrogen-bond donors (Lipinski definition) is 2. The molecule has 0 bridgehead atoms. The van der Waals surface area contributed by atoms with Crippen LogP contribution in [0.4, 0.5) is 4.79 Å². The monoisotopic (exact) mass is 320 g/mol. The zero-order chi connectivity index (χ0) is 16.3. The number of amides is 1. The van der Waals surface area contributed by atoms with Crippen LogP contribution in [0.1, 0.15) is 40.0 Å². The van der Waals surface area contributed by atoms with Gasteiger partial charge in [0.25, 0.3) is 0 Å². The quantitative estimate of drug-likeness (QED) is 0.295. The second-order valence-corrected chi connectivity index (χ2v) is 6.25. The number of alkyl carbamates (subject to hydrolysis) is 1. The molecular weight excluding hydrogens is 296 g/mol. The SMILES string of the molecule is CC(C)(C)OC(=O)N[C@H](CN=[N+]=[N-])C[C@H](CO)CCCCl. The molecule has 0 fully saturated rings. The third-order valence-electron chi connectivity index (χ3n) is 2.71. The van der Waals surface area contributed by atoms with E-state index >= 15 is 0 Å². The van der Waals surface area contributed by atoms with Gasteiger partial charge in [-0.15, -0.1) is 11.6 Å². The molecule has 122 valence electrons. The Morgan fingerprint density at radius 2 is 2.19 bits per heavy atom. The van der Waals surface area contributed by atoms with Gasteiger partial charge >= 0.3 is 6.09 Å². The van der Waals surface area contributed by atoms with Crippen LogP contribution >= 0.6 is 11.6 Å². The van der Waals surface area contributed by atoms with Gasteiger partial charge < -0.3 is 15.2 Å². The summed E-state index contributed by atoms with van der Waals surface area (Å²) in [7, 11) is 0. The lowest BCUT2D eigenvalue weighted by atomic mass is 9.96. The van der Waals surface area contributed by atoms with Crippen molar-refractivity contribution in [2.45, 2.75) is 51.7 Å². The average Bonchev–Trinajstić information content (AvgIpc) is 2.38. The van der Waals surface area contributed by atoms with Gasteiger partial charge in [0.15, 0.2) is 0 Å². The van der Waals surface area contributed by atoms with Gasteiger partial charge in [0.2, 0.25) is 0 Å². The number of nitrogens with one attached hydrogen (secondary N) is 1. The molecule has 0 heterocycles. The van der Waals surface area contributed by atoms with Crippen molar-refractivity contribution in [1.29, 1.82) is 0 Å². The Bertz CT molecular complexity index is 354. The predicted molar refractivity (Wildman–Crippen MR) is 82.3 cm³/mol. The van der Waals surface area contributed by atoms with E-state index in [0.717, 1.165) is 12.8 Å². The molecule has 0 aliphatic heterocycles. The molecule has 8 heteroatoms. The smallest absolute Gasteiger partial charge is 0.407 e. The summed E-state index contributed by atoms with van der Waals surface area (Å²) in [6, 6.07) is -0.372. The fourth-order valence-electron chi connectivity index (χ4n) is 1.84. The van der Waals surface area contributed by atoms with Crippen molar-refractivity contribution in [2.75, 3.05) is 19.0 Å². The maximum atomic E-state index is 11.8. The number of carbonyl (C=O) groups excluding carboxylic acids is 1. The fourth-order valence-corrected chi connectivity index (χ4v) is 1.99. The number of ether oxygens (including phenoxy) is 1. The summed E-state index contributed by atoms with van der Waals surface area (Å²) in [6.45, 7) is 5.43. The van der Waals surface area contributed by atoms with E-state index in [9.17, 15) is 9.90 Å². The zero-order valence-corrected chi connectivity index (χ0v) is 13.6. The summed E-state index contributed by atoms with van der Waals surface area (Å²) < 4.78 is 5.18. The molecule has 2 atom stereocenters. The first-order chi connectivity index (χ1) is 9.82. The van der Waals surface area contributed by atoms with Gasteiger partial charge in [-0.3, -0.25) is 0 Å². The van der Waals surface area contributed by atoms with Crippen LogP contribution in [0.5, 0.6) is 0 Å². The molecule has 0 rings (SSSR count). The highest BCUT2D eigenvalue weighted by molar-refractivity contribution is 6.17. The standard InChI is InChI=1S/C13H25ClN4O3/c1-13(2,3)21-12(20)17-11(8-16-18-15)7-10(9-19)5-4-6-14/h10-11,19H,4-9H2,1-3H3,(H,17,20)/t10-,11+/m1/s1. The van der Waals surface area contributed by atoms with Crippen molar-refractivity contribution < 1.29 is 14.6 Å². The van der Waals surface area contributed by atoms with Crippen LogP contribution < -0.4 is 5.32 Å². The summed E-state index contributed by atoms with van der Waals surface area (Å²) in [5.74, 6) is 0.523. The van der Waals surface area contributed by atoms with Crippen molar-refractivity contribution in [1.82, 2.24) is 5.32 Å². The van der Waals surface area contributed by atoms with Crippen molar-refractivity contribution in [3.8, 4) is 0 Å². The predicted octanol–water partition coefficient (Wildman–Crippen LogP) is 3.21. The summed E-state index contributed by atoms with van der Waals surface area (Å²) in [5, 5.41) is 15.5. The first kappa shape index (κ1) is 19.8. The largest absolute Gasteiger partial charge is 0.444 e. The number of azide groups is 1. The number of rotatable bonds is 9. The average molecular weight is 321 g/mol. The van der Waals surface area contributed by atoms with E-state index in [0.29, 0.717) is 12.3 Å². The molecule has 0 aromatic rings. The maximum Gasteiger partial charge on any atom is 0.407 e. The minimum atomic E-state index is -0.595. The highest BCUT2D eigenvalue weighted by atomic mass is 35.5. The number of nitrogens with zero attached hydrogens (tertiary/aromatic N) is 3. The molecule has 0 aromatic heterocycles. The number of halogens is 1. The van der Waals surface area contributed by atoms with Gasteiger partial charge in [-0.25, -0.2) is 4.79 Å². The van der Waals surface area contributed by atoms with Crippen molar-refractivity contribution in [2.24, 2.45) is 11.0 Å². The Morgan fingerprint density at radius 1 is 1.52 bits per heavy atom. The van der Waals surface area contributed by atoms with Crippen molar-refractivity contribution >= 4 is 17.7 Å².